The van der Waals surface area contributed by atoms with E-state index in [1.165, 1.54) is 17.7 Å². The Labute approximate surface area is 145 Å². The van der Waals surface area contributed by atoms with Gasteiger partial charge in [-0.2, -0.15) is 0 Å². The van der Waals surface area contributed by atoms with Crippen molar-refractivity contribution >= 4 is 23.3 Å². The van der Waals surface area contributed by atoms with E-state index in [2.05, 4.69) is 16.3 Å². The maximum Gasteiger partial charge on any atom is 0.321 e. The van der Waals surface area contributed by atoms with Crippen LogP contribution in [0.25, 0.3) is 0 Å². The fraction of sp³-hybridized carbons (Fsp3) is 0.278. The highest BCUT2D eigenvalue weighted by Crippen LogP contribution is 2.15. The second-order valence-electron chi connectivity index (χ2n) is 5.83. The molecular formula is C18H19ClFN3O. The lowest BCUT2D eigenvalue weighted by molar-refractivity contribution is 0.143. The standard InChI is InChI=1S/C18H19ClFN3O/c19-15-3-1-2-14(12-15)13-22-8-10-23(11-9-22)18(24)21-17-6-4-16(20)5-7-17/h1-7,12H,8-11,13H2,(H,21,24). The number of carbonyl (C=O) groups is 1. The first-order valence-corrected chi connectivity index (χ1v) is 8.26. The number of rotatable bonds is 3. The maximum absolute atomic E-state index is 12.9. The highest BCUT2D eigenvalue weighted by molar-refractivity contribution is 6.30. The van der Waals surface area contributed by atoms with Gasteiger partial charge in [-0.1, -0.05) is 23.7 Å². The second-order valence-corrected chi connectivity index (χ2v) is 6.27. The zero-order chi connectivity index (χ0) is 16.9. The third-order valence-electron chi connectivity index (χ3n) is 4.05. The average molecular weight is 348 g/mol. The summed E-state index contributed by atoms with van der Waals surface area (Å²) in [5.74, 6) is -0.317. The van der Waals surface area contributed by atoms with E-state index in [1.54, 1.807) is 17.0 Å². The van der Waals surface area contributed by atoms with Crippen LogP contribution in [0.4, 0.5) is 14.9 Å². The minimum atomic E-state index is -0.317. The SMILES string of the molecule is O=C(Nc1ccc(F)cc1)N1CCN(Cc2cccc(Cl)c2)CC1. The molecule has 1 aliphatic rings. The van der Waals surface area contributed by atoms with E-state index in [-0.39, 0.29) is 11.8 Å². The van der Waals surface area contributed by atoms with Gasteiger partial charge in [-0.3, -0.25) is 4.90 Å². The van der Waals surface area contributed by atoms with Crippen LogP contribution < -0.4 is 5.32 Å². The van der Waals surface area contributed by atoms with E-state index in [1.807, 2.05) is 18.2 Å². The van der Waals surface area contributed by atoms with Crippen molar-refractivity contribution in [2.45, 2.75) is 6.54 Å². The molecule has 2 amide bonds. The van der Waals surface area contributed by atoms with Gasteiger partial charge < -0.3 is 10.2 Å². The molecule has 0 unspecified atom stereocenters. The van der Waals surface area contributed by atoms with Crippen LogP contribution >= 0.6 is 11.6 Å². The lowest BCUT2D eigenvalue weighted by Crippen LogP contribution is -2.49. The molecule has 0 atom stereocenters. The van der Waals surface area contributed by atoms with Crippen LogP contribution in [0.2, 0.25) is 5.02 Å². The Bertz CT molecular complexity index is 700. The number of carbonyl (C=O) groups excluding carboxylic acids is 1. The van der Waals surface area contributed by atoms with Gasteiger partial charge >= 0.3 is 6.03 Å². The quantitative estimate of drug-likeness (QED) is 0.916. The van der Waals surface area contributed by atoms with E-state index < -0.39 is 0 Å². The number of benzene rings is 2. The van der Waals surface area contributed by atoms with Gasteiger partial charge in [0, 0.05) is 43.4 Å². The number of amides is 2. The monoisotopic (exact) mass is 347 g/mol. The van der Waals surface area contributed by atoms with E-state index in [4.69, 9.17) is 11.6 Å². The maximum atomic E-state index is 12.9. The zero-order valence-corrected chi connectivity index (χ0v) is 14.0. The van der Waals surface area contributed by atoms with Crippen LogP contribution in [0.5, 0.6) is 0 Å². The molecule has 6 heteroatoms. The van der Waals surface area contributed by atoms with Crippen LogP contribution in [0.15, 0.2) is 48.5 Å². The van der Waals surface area contributed by atoms with Crippen LogP contribution in [0, 0.1) is 5.82 Å². The molecule has 1 fully saturated rings. The highest BCUT2D eigenvalue weighted by atomic mass is 35.5. The van der Waals surface area contributed by atoms with Crippen molar-refractivity contribution in [1.82, 2.24) is 9.80 Å². The molecule has 1 aliphatic heterocycles. The summed E-state index contributed by atoms with van der Waals surface area (Å²) in [6.07, 6.45) is 0. The number of piperazine rings is 1. The predicted octanol–water partition coefficient (Wildman–Crippen LogP) is 3.83. The van der Waals surface area contributed by atoms with Gasteiger partial charge in [0.05, 0.1) is 0 Å². The minimum Gasteiger partial charge on any atom is -0.322 e. The van der Waals surface area contributed by atoms with Gasteiger partial charge in [0.25, 0.3) is 0 Å². The topological polar surface area (TPSA) is 35.6 Å². The molecule has 0 saturated carbocycles. The van der Waals surface area contributed by atoms with Crippen molar-refractivity contribution in [1.29, 1.82) is 0 Å². The van der Waals surface area contributed by atoms with Crippen molar-refractivity contribution in [3.8, 4) is 0 Å². The average Bonchev–Trinajstić information content (AvgIpc) is 2.57. The molecule has 1 saturated heterocycles. The van der Waals surface area contributed by atoms with Crippen LogP contribution in [0.3, 0.4) is 0 Å². The van der Waals surface area contributed by atoms with Crippen molar-refractivity contribution in [3.05, 3.63) is 64.9 Å². The molecule has 1 heterocycles. The lowest BCUT2D eigenvalue weighted by Gasteiger charge is -2.34. The molecule has 0 spiro atoms. The van der Waals surface area contributed by atoms with Gasteiger partial charge in [0.1, 0.15) is 5.82 Å². The number of nitrogens with one attached hydrogen (secondary N) is 1. The summed E-state index contributed by atoms with van der Waals surface area (Å²) in [4.78, 5) is 16.3. The Morgan fingerprint density at radius 3 is 2.46 bits per heavy atom. The van der Waals surface area contributed by atoms with E-state index in [0.29, 0.717) is 18.8 Å². The molecule has 3 rings (SSSR count). The molecule has 1 N–H and O–H groups in total. The van der Waals surface area contributed by atoms with E-state index in [9.17, 15) is 9.18 Å². The Kier molecular flexibility index (Phi) is 5.33. The Morgan fingerprint density at radius 1 is 1.08 bits per heavy atom. The van der Waals surface area contributed by atoms with Gasteiger partial charge in [-0.15, -0.1) is 0 Å². The number of hydrogen-bond donors (Lipinski definition) is 1. The normalized spacial score (nSPS) is 15.3. The first kappa shape index (κ1) is 16.7. The molecule has 0 bridgehead atoms. The fourth-order valence-corrected chi connectivity index (χ4v) is 2.95. The summed E-state index contributed by atoms with van der Waals surface area (Å²) in [5.41, 5.74) is 1.77. The number of nitrogens with zero attached hydrogens (tertiary/aromatic N) is 2. The Morgan fingerprint density at radius 2 is 1.79 bits per heavy atom. The van der Waals surface area contributed by atoms with Crippen molar-refractivity contribution in [3.63, 3.8) is 0 Å². The summed E-state index contributed by atoms with van der Waals surface area (Å²) in [6.45, 7) is 3.77. The second kappa shape index (κ2) is 7.64. The Balaban J connectivity index is 1.49. The summed E-state index contributed by atoms with van der Waals surface area (Å²) in [5, 5.41) is 3.54. The third kappa shape index (κ3) is 4.46. The van der Waals surface area contributed by atoms with Gasteiger partial charge in [-0.05, 0) is 42.0 Å². The summed E-state index contributed by atoms with van der Waals surface area (Å²) in [6, 6.07) is 13.5. The van der Waals surface area contributed by atoms with E-state index >= 15 is 0 Å². The molecule has 2 aromatic rings. The van der Waals surface area contributed by atoms with E-state index in [0.717, 1.165) is 24.7 Å². The van der Waals surface area contributed by atoms with Crippen molar-refractivity contribution < 1.29 is 9.18 Å². The van der Waals surface area contributed by atoms with Crippen LogP contribution in [0.1, 0.15) is 5.56 Å². The number of halogens is 2. The number of anilines is 1. The molecule has 0 aromatic heterocycles. The summed E-state index contributed by atoms with van der Waals surface area (Å²) < 4.78 is 12.9. The van der Waals surface area contributed by atoms with Crippen molar-refractivity contribution in [2.75, 3.05) is 31.5 Å². The summed E-state index contributed by atoms with van der Waals surface area (Å²) in [7, 11) is 0. The third-order valence-corrected chi connectivity index (χ3v) is 4.29. The van der Waals surface area contributed by atoms with Crippen LogP contribution in [-0.4, -0.2) is 42.0 Å². The van der Waals surface area contributed by atoms with Gasteiger partial charge in [-0.25, -0.2) is 9.18 Å². The minimum absolute atomic E-state index is 0.149. The molecule has 126 valence electrons. The summed E-state index contributed by atoms with van der Waals surface area (Å²) >= 11 is 6.01. The number of hydrogen-bond acceptors (Lipinski definition) is 2. The lowest BCUT2D eigenvalue weighted by atomic mass is 10.2. The van der Waals surface area contributed by atoms with Crippen molar-refractivity contribution in [2.24, 2.45) is 0 Å². The van der Waals surface area contributed by atoms with Gasteiger partial charge in [0.2, 0.25) is 0 Å². The first-order valence-electron chi connectivity index (χ1n) is 7.88. The zero-order valence-electron chi connectivity index (χ0n) is 13.2. The van der Waals surface area contributed by atoms with Crippen LogP contribution in [-0.2, 0) is 6.54 Å². The number of urea groups is 1. The predicted molar refractivity (Wildman–Crippen MR) is 93.7 cm³/mol. The smallest absolute Gasteiger partial charge is 0.321 e. The Hall–Kier alpha value is -2.11. The first-order chi connectivity index (χ1) is 11.6. The molecular weight excluding hydrogens is 329 g/mol. The molecule has 2 aromatic carbocycles. The highest BCUT2D eigenvalue weighted by Gasteiger charge is 2.21. The van der Waals surface area contributed by atoms with Gasteiger partial charge in [0.15, 0.2) is 0 Å². The fourth-order valence-electron chi connectivity index (χ4n) is 2.74. The largest absolute Gasteiger partial charge is 0.322 e. The molecule has 0 radical (unpaired) electrons. The molecule has 24 heavy (non-hydrogen) atoms. The molecule has 4 nitrogen and oxygen atoms in total. The molecule has 0 aliphatic carbocycles.